The SMILES string of the molecule is CS(C)(C)[OH2+].[I-]. The monoisotopic (exact) mass is 222 g/mol. The van der Waals surface area contributed by atoms with E-state index in [4.69, 9.17) is 4.55 Å². The van der Waals surface area contributed by atoms with Crippen LogP contribution in [0.15, 0.2) is 0 Å². The molecule has 0 heterocycles. The van der Waals surface area contributed by atoms with Crippen molar-refractivity contribution in [3.63, 3.8) is 0 Å². The molecule has 0 spiro atoms. The summed E-state index contributed by atoms with van der Waals surface area (Å²) in [7, 11) is -0.917. The molecule has 0 amide bonds. The lowest BCUT2D eigenvalue weighted by atomic mass is 11.9. The smallest absolute Gasteiger partial charge is 0.0266 e. The molecule has 0 unspecified atom stereocenters. The molecule has 0 saturated carbocycles. The van der Waals surface area contributed by atoms with Gasteiger partial charge in [0.25, 0.3) is 0 Å². The predicted molar refractivity (Wildman–Crippen MR) is 29.0 cm³/mol. The Bertz CT molecular complexity index is 26.3. The lowest BCUT2D eigenvalue weighted by Gasteiger charge is -2.07. The number of hydrogen-bond donors (Lipinski definition) is 0. The van der Waals surface area contributed by atoms with Crippen LogP contribution in [0.4, 0.5) is 0 Å². The highest BCUT2D eigenvalue weighted by Crippen LogP contribution is 2.26. The van der Waals surface area contributed by atoms with Gasteiger partial charge >= 0.3 is 0 Å². The number of hydrogen-bond acceptors (Lipinski definition) is 0. The molecule has 6 heavy (non-hydrogen) atoms. The second-order valence-corrected chi connectivity index (χ2v) is 5.51. The van der Waals surface area contributed by atoms with Crippen LogP contribution in [0.2, 0.25) is 0 Å². The molecule has 0 fully saturated rings. The third-order valence-electron chi connectivity index (χ3n) is 0. The van der Waals surface area contributed by atoms with Crippen molar-refractivity contribution in [2.45, 2.75) is 0 Å². The van der Waals surface area contributed by atoms with Gasteiger partial charge < -0.3 is 28.5 Å². The highest BCUT2D eigenvalue weighted by atomic mass is 127. The van der Waals surface area contributed by atoms with Gasteiger partial charge in [-0.1, -0.05) is 0 Å². The normalized spacial score (nSPS) is 12.7. The molecule has 0 radical (unpaired) electrons. The number of rotatable bonds is 0. The largest absolute Gasteiger partial charge is 1.00 e. The van der Waals surface area contributed by atoms with E-state index in [1.807, 2.05) is 18.8 Å². The molecule has 0 rings (SSSR count). The summed E-state index contributed by atoms with van der Waals surface area (Å²) in [5, 5.41) is 0. The molecule has 1 nitrogen and oxygen atoms in total. The summed E-state index contributed by atoms with van der Waals surface area (Å²) in [6.45, 7) is 0. The Morgan fingerprint density at radius 1 is 1.17 bits per heavy atom. The Kier molecular flexibility index (Phi) is 5.22. The van der Waals surface area contributed by atoms with Gasteiger partial charge in [0.15, 0.2) is 0 Å². The molecule has 0 aliphatic heterocycles. The maximum Gasteiger partial charge on any atom is 0.0266 e. The molecular formula is C3H11IOS. The van der Waals surface area contributed by atoms with Gasteiger partial charge in [-0.15, -0.1) is 0 Å². The molecule has 0 saturated heterocycles. The standard InChI is InChI=1S/C3H10OS.HI/c1-5(2,3)4;/h4H,1-3H3;1H. The highest BCUT2D eigenvalue weighted by Gasteiger charge is 1.95. The molecular weight excluding hydrogens is 211 g/mol. The van der Waals surface area contributed by atoms with Crippen LogP contribution >= 0.6 is 10.3 Å². The van der Waals surface area contributed by atoms with E-state index in [1.54, 1.807) is 0 Å². The summed E-state index contributed by atoms with van der Waals surface area (Å²) < 4.78 is 7.02. The summed E-state index contributed by atoms with van der Waals surface area (Å²) in [5.74, 6) is 0. The molecule has 0 atom stereocenters. The Balaban J connectivity index is 0. The lowest BCUT2D eigenvalue weighted by Crippen LogP contribution is -3.00. The second-order valence-electron chi connectivity index (χ2n) is 1.84. The molecule has 0 aliphatic carbocycles. The minimum absolute atomic E-state index is 0. The fourth-order valence-corrected chi connectivity index (χ4v) is 0. The van der Waals surface area contributed by atoms with E-state index in [2.05, 4.69) is 0 Å². The van der Waals surface area contributed by atoms with Crippen LogP contribution in [0.1, 0.15) is 0 Å². The topological polar surface area (TPSA) is 22.9 Å². The van der Waals surface area contributed by atoms with Crippen molar-refractivity contribution >= 4 is 10.3 Å². The molecule has 0 aromatic heterocycles. The predicted octanol–water partition coefficient (Wildman–Crippen LogP) is -2.68. The van der Waals surface area contributed by atoms with E-state index in [1.165, 1.54) is 0 Å². The highest BCUT2D eigenvalue weighted by molar-refractivity contribution is 8.27. The Morgan fingerprint density at radius 3 is 1.17 bits per heavy atom. The van der Waals surface area contributed by atoms with Crippen molar-refractivity contribution in [2.75, 3.05) is 18.8 Å². The van der Waals surface area contributed by atoms with Gasteiger partial charge in [0.1, 0.15) is 0 Å². The van der Waals surface area contributed by atoms with E-state index >= 15 is 0 Å². The first-order valence-corrected chi connectivity index (χ1v) is 4.29. The minimum atomic E-state index is -0.917. The Morgan fingerprint density at radius 2 is 1.17 bits per heavy atom. The van der Waals surface area contributed by atoms with Crippen molar-refractivity contribution in [1.82, 2.24) is 0 Å². The van der Waals surface area contributed by atoms with Gasteiger partial charge in [0, 0.05) is 18.8 Å². The molecule has 42 valence electrons. The van der Waals surface area contributed by atoms with Crippen molar-refractivity contribution in [3.05, 3.63) is 0 Å². The maximum atomic E-state index is 7.02. The molecule has 0 bridgehead atoms. The first-order valence-electron chi connectivity index (χ1n) is 1.43. The fraction of sp³-hybridized carbons (Fsp3) is 1.00. The van der Waals surface area contributed by atoms with E-state index in [-0.39, 0.29) is 24.0 Å². The van der Waals surface area contributed by atoms with Crippen LogP contribution in [0.25, 0.3) is 0 Å². The third-order valence-corrected chi connectivity index (χ3v) is 0. The number of halogens is 1. The third kappa shape index (κ3) is 76.1. The molecule has 0 aromatic rings. The summed E-state index contributed by atoms with van der Waals surface area (Å²) >= 11 is 0. The van der Waals surface area contributed by atoms with Crippen molar-refractivity contribution < 1.29 is 28.5 Å². The van der Waals surface area contributed by atoms with Crippen LogP contribution < -0.4 is 24.0 Å². The molecule has 2 N–H and O–H groups in total. The van der Waals surface area contributed by atoms with E-state index in [0.717, 1.165) is 0 Å². The minimum Gasteiger partial charge on any atom is -1.00 e. The summed E-state index contributed by atoms with van der Waals surface area (Å²) in [5.41, 5.74) is 0. The van der Waals surface area contributed by atoms with Crippen LogP contribution in [-0.4, -0.2) is 23.3 Å². The fourth-order valence-electron chi connectivity index (χ4n) is 0. The van der Waals surface area contributed by atoms with Gasteiger partial charge in [-0.3, -0.25) is 0 Å². The lowest BCUT2D eigenvalue weighted by molar-refractivity contribution is -0.00000262. The van der Waals surface area contributed by atoms with E-state index in [0.29, 0.717) is 0 Å². The average molecular weight is 222 g/mol. The van der Waals surface area contributed by atoms with Crippen molar-refractivity contribution in [1.29, 1.82) is 0 Å². The van der Waals surface area contributed by atoms with E-state index < -0.39 is 10.3 Å². The van der Waals surface area contributed by atoms with Crippen LogP contribution in [-0.2, 0) is 0 Å². The zero-order valence-electron chi connectivity index (χ0n) is 4.29. The zero-order valence-corrected chi connectivity index (χ0v) is 7.26. The van der Waals surface area contributed by atoms with Crippen molar-refractivity contribution in [3.8, 4) is 0 Å². The van der Waals surface area contributed by atoms with Crippen LogP contribution in [0.3, 0.4) is 0 Å². The average Bonchev–Trinajstić information content (AvgIpc) is 0.722. The molecule has 0 aliphatic rings. The van der Waals surface area contributed by atoms with Gasteiger partial charge in [-0.05, 0) is 10.3 Å². The van der Waals surface area contributed by atoms with Crippen LogP contribution in [0.5, 0.6) is 0 Å². The summed E-state index contributed by atoms with van der Waals surface area (Å²) in [6.07, 6.45) is 5.81. The van der Waals surface area contributed by atoms with Gasteiger partial charge in [0.05, 0.1) is 0 Å². The van der Waals surface area contributed by atoms with Crippen LogP contribution in [0, 0.1) is 0 Å². The Labute approximate surface area is 57.7 Å². The second kappa shape index (κ2) is 3.10. The zero-order chi connectivity index (χ0) is 4.50. The maximum absolute atomic E-state index is 7.02. The van der Waals surface area contributed by atoms with Gasteiger partial charge in [0.2, 0.25) is 0 Å². The first-order chi connectivity index (χ1) is 2.00. The van der Waals surface area contributed by atoms with Gasteiger partial charge in [-0.25, -0.2) is 0 Å². The quantitative estimate of drug-likeness (QED) is 0.315. The van der Waals surface area contributed by atoms with E-state index in [9.17, 15) is 0 Å². The Hall–Kier alpha value is 1.04. The molecule has 0 aromatic carbocycles. The van der Waals surface area contributed by atoms with Crippen molar-refractivity contribution in [2.24, 2.45) is 0 Å². The molecule has 3 heteroatoms. The first kappa shape index (κ1) is 10.1. The summed E-state index contributed by atoms with van der Waals surface area (Å²) in [4.78, 5) is 0. The summed E-state index contributed by atoms with van der Waals surface area (Å²) in [6, 6.07) is 0. The van der Waals surface area contributed by atoms with Gasteiger partial charge in [-0.2, -0.15) is 0 Å².